The van der Waals surface area contributed by atoms with Gasteiger partial charge in [0.25, 0.3) is 0 Å². The smallest absolute Gasteiger partial charge is 0.0154 e. The number of hydrogen-bond donors (Lipinski definition) is 0. The van der Waals surface area contributed by atoms with Crippen molar-refractivity contribution < 1.29 is 0 Å². The van der Waals surface area contributed by atoms with Crippen LogP contribution in [0.5, 0.6) is 0 Å². The van der Waals surface area contributed by atoms with Gasteiger partial charge in [0.1, 0.15) is 0 Å². The van der Waals surface area contributed by atoms with Crippen LogP contribution in [-0.2, 0) is 0 Å². The van der Waals surface area contributed by atoms with E-state index in [1.54, 1.807) is 0 Å². The highest BCUT2D eigenvalue weighted by Gasteiger charge is 2.57. The van der Waals surface area contributed by atoms with E-state index in [2.05, 4.69) is 49.1 Å². The molecule has 0 heterocycles. The minimum absolute atomic E-state index is 0.655. The molecule has 0 aromatic heterocycles. The van der Waals surface area contributed by atoms with Crippen molar-refractivity contribution >= 4 is 6.08 Å². The van der Waals surface area contributed by atoms with E-state index >= 15 is 0 Å². The van der Waals surface area contributed by atoms with Gasteiger partial charge in [-0.2, -0.15) is 0 Å². The molecule has 2 aliphatic carbocycles. The Bertz CT molecular complexity index is 403. The Hall–Kier alpha value is -1.30. The molecule has 1 aromatic rings. The average Bonchev–Trinajstić information content (AvgIpc) is 2.91. The van der Waals surface area contributed by atoms with Crippen molar-refractivity contribution in [3.8, 4) is 0 Å². The van der Waals surface area contributed by atoms with Crippen LogP contribution in [0, 0.1) is 11.3 Å². The third-order valence-electron chi connectivity index (χ3n) is 3.78. The fraction of sp³-hybridized carbons (Fsp3) is 0.333. The molecule has 0 radical (unpaired) electrons. The van der Waals surface area contributed by atoms with Crippen LogP contribution in [0.15, 0.2) is 48.6 Å². The van der Waals surface area contributed by atoms with Gasteiger partial charge in [0, 0.05) is 0 Å². The minimum Gasteiger partial charge on any atom is -0.0998 e. The first-order valence-corrected chi connectivity index (χ1v) is 5.68. The lowest BCUT2D eigenvalue weighted by atomic mass is 9.76. The quantitative estimate of drug-likeness (QED) is 0.626. The molecule has 1 atom stereocenters. The molecule has 1 unspecified atom stereocenters. The van der Waals surface area contributed by atoms with Crippen LogP contribution >= 0.6 is 0 Å². The van der Waals surface area contributed by atoms with Gasteiger partial charge in [-0.3, -0.25) is 0 Å². The maximum atomic E-state index is 4.02. The molecule has 2 fully saturated rings. The van der Waals surface area contributed by atoms with Gasteiger partial charge < -0.3 is 0 Å². The highest BCUT2D eigenvalue weighted by molar-refractivity contribution is 5.50. The second-order valence-electron chi connectivity index (χ2n) is 5.05. The summed E-state index contributed by atoms with van der Waals surface area (Å²) in [5.41, 5.74) is 3.42. The Kier molecular flexibility index (Phi) is 1.85. The Morgan fingerprint density at radius 1 is 1.20 bits per heavy atom. The monoisotopic (exact) mass is 196 g/mol. The van der Waals surface area contributed by atoms with Crippen LogP contribution in [0.1, 0.15) is 24.8 Å². The van der Waals surface area contributed by atoms with E-state index in [-0.39, 0.29) is 0 Å². The second kappa shape index (κ2) is 3.10. The molecule has 1 aromatic carbocycles. The Morgan fingerprint density at radius 2 is 1.93 bits per heavy atom. The maximum absolute atomic E-state index is 4.02. The van der Waals surface area contributed by atoms with E-state index in [0.29, 0.717) is 5.41 Å². The van der Waals surface area contributed by atoms with E-state index in [0.717, 1.165) is 5.92 Å². The first-order chi connectivity index (χ1) is 7.28. The molecule has 1 spiro atoms. The van der Waals surface area contributed by atoms with Gasteiger partial charge >= 0.3 is 0 Å². The fourth-order valence-electron chi connectivity index (χ4n) is 2.79. The van der Waals surface area contributed by atoms with Crippen molar-refractivity contribution in [2.45, 2.75) is 19.3 Å². The van der Waals surface area contributed by atoms with Gasteiger partial charge in [-0.1, -0.05) is 54.6 Å². The highest BCUT2D eigenvalue weighted by Crippen LogP contribution is 2.67. The topological polar surface area (TPSA) is 0 Å². The second-order valence-corrected chi connectivity index (χ2v) is 5.05. The van der Waals surface area contributed by atoms with E-state index in [9.17, 15) is 0 Å². The van der Waals surface area contributed by atoms with Crippen molar-refractivity contribution in [2.24, 2.45) is 11.3 Å². The molecule has 76 valence electrons. The average molecular weight is 196 g/mol. The van der Waals surface area contributed by atoms with Gasteiger partial charge in [0.15, 0.2) is 0 Å². The number of allylic oxidation sites excluding steroid dienone is 2. The van der Waals surface area contributed by atoms with Crippen molar-refractivity contribution in [3.05, 3.63) is 54.1 Å². The summed E-state index contributed by atoms with van der Waals surface area (Å²) in [6, 6.07) is 10.6. The lowest BCUT2D eigenvalue weighted by Gasteiger charge is -2.29. The molecule has 0 amide bonds. The summed E-state index contributed by atoms with van der Waals surface area (Å²) in [7, 11) is 0. The SMILES string of the molecule is C=C1CC2(C1)CC2/C=C/c1ccccc1. The predicted octanol–water partition coefficient (Wildman–Crippen LogP) is 4.06. The van der Waals surface area contributed by atoms with Crippen LogP contribution in [0.2, 0.25) is 0 Å². The normalized spacial score (nSPS) is 26.9. The summed E-state index contributed by atoms with van der Waals surface area (Å²) in [6.07, 6.45) is 8.59. The van der Waals surface area contributed by atoms with Crippen LogP contribution in [0.4, 0.5) is 0 Å². The molecule has 0 saturated heterocycles. The maximum Gasteiger partial charge on any atom is -0.0154 e. The van der Waals surface area contributed by atoms with Gasteiger partial charge in [-0.25, -0.2) is 0 Å². The lowest BCUT2D eigenvalue weighted by Crippen LogP contribution is -2.16. The molecule has 0 aliphatic heterocycles. The Balaban J connectivity index is 1.64. The van der Waals surface area contributed by atoms with E-state index < -0.39 is 0 Å². The fourth-order valence-corrected chi connectivity index (χ4v) is 2.79. The van der Waals surface area contributed by atoms with Crippen molar-refractivity contribution in [3.63, 3.8) is 0 Å². The highest BCUT2D eigenvalue weighted by atomic mass is 14.6. The third-order valence-corrected chi connectivity index (χ3v) is 3.78. The predicted molar refractivity (Wildman–Crippen MR) is 64.4 cm³/mol. The number of hydrogen-bond acceptors (Lipinski definition) is 0. The number of benzene rings is 1. The van der Waals surface area contributed by atoms with Crippen LogP contribution in [-0.4, -0.2) is 0 Å². The Morgan fingerprint density at radius 3 is 2.60 bits per heavy atom. The first kappa shape index (κ1) is 8.96. The lowest BCUT2D eigenvalue weighted by molar-refractivity contribution is 0.373. The molecule has 15 heavy (non-hydrogen) atoms. The molecule has 2 saturated carbocycles. The minimum atomic E-state index is 0.655. The zero-order valence-corrected chi connectivity index (χ0v) is 8.95. The summed E-state index contributed by atoms with van der Waals surface area (Å²) < 4.78 is 0. The summed E-state index contributed by atoms with van der Waals surface area (Å²) >= 11 is 0. The largest absolute Gasteiger partial charge is 0.0998 e. The van der Waals surface area contributed by atoms with E-state index in [1.807, 2.05) is 0 Å². The van der Waals surface area contributed by atoms with Crippen molar-refractivity contribution in [1.29, 1.82) is 0 Å². The van der Waals surface area contributed by atoms with Gasteiger partial charge in [-0.05, 0) is 36.2 Å². The molecule has 0 heteroatoms. The van der Waals surface area contributed by atoms with E-state index in [1.165, 1.54) is 30.4 Å². The molecular formula is C15H16. The van der Waals surface area contributed by atoms with Crippen molar-refractivity contribution in [1.82, 2.24) is 0 Å². The zero-order valence-electron chi connectivity index (χ0n) is 8.95. The van der Waals surface area contributed by atoms with Gasteiger partial charge in [-0.15, -0.1) is 0 Å². The molecule has 0 nitrogen and oxygen atoms in total. The summed E-state index contributed by atoms with van der Waals surface area (Å²) in [5.74, 6) is 0.822. The summed E-state index contributed by atoms with van der Waals surface area (Å²) in [5, 5.41) is 0. The zero-order chi connectivity index (χ0) is 10.3. The van der Waals surface area contributed by atoms with Crippen LogP contribution in [0.3, 0.4) is 0 Å². The molecule has 3 rings (SSSR count). The number of rotatable bonds is 2. The van der Waals surface area contributed by atoms with Crippen molar-refractivity contribution in [2.75, 3.05) is 0 Å². The third kappa shape index (κ3) is 1.54. The summed E-state index contributed by atoms with van der Waals surface area (Å²) in [4.78, 5) is 0. The summed E-state index contributed by atoms with van der Waals surface area (Å²) in [6.45, 7) is 4.02. The molecule has 0 N–H and O–H groups in total. The standard InChI is InChI=1S/C15H16/c1-12-9-15(10-12)11-14(15)8-7-13-5-3-2-4-6-13/h2-8,14H,1,9-11H2/b8-7+. The van der Waals surface area contributed by atoms with Crippen LogP contribution < -0.4 is 0 Å². The van der Waals surface area contributed by atoms with E-state index in [4.69, 9.17) is 0 Å². The van der Waals surface area contributed by atoms with Crippen LogP contribution in [0.25, 0.3) is 6.08 Å². The first-order valence-electron chi connectivity index (χ1n) is 5.68. The van der Waals surface area contributed by atoms with Gasteiger partial charge in [0.2, 0.25) is 0 Å². The molecule has 0 bridgehead atoms. The molecular weight excluding hydrogens is 180 g/mol. The van der Waals surface area contributed by atoms with Gasteiger partial charge in [0.05, 0.1) is 0 Å². The molecule has 2 aliphatic rings. The Labute approximate surface area is 91.3 Å².